The number of ether oxygens (including phenoxy) is 1. The summed E-state index contributed by atoms with van der Waals surface area (Å²) in [5.74, 6) is 1.35. The molecule has 0 saturated carbocycles. The Labute approximate surface area is 162 Å². The number of benzene rings is 1. The van der Waals surface area contributed by atoms with Crippen LogP contribution in [0.3, 0.4) is 0 Å². The molecule has 4 rings (SSSR count). The third kappa shape index (κ3) is 3.86. The second-order valence-electron chi connectivity index (χ2n) is 6.31. The van der Waals surface area contributed by atoms with E-state index >= 15 is 0 Å². The molecule has 1 aliphatic rings. The number of rotatable bonds is 5. The Hall–Kier alpha value is -2.70. The van der Waals surface area contributed by atoms with Crippen LogP contribution in [-0.4, -0.2) is 41.7 Å². The average Bonchev–Trinajstić information content (AvgIpc) is 2.72. The molecule has 27 heavy (non-hydrogen) atoms. The molecule has 0 radical (unpaired) electrons. The maximum Gasteiger partial charge on any atom is 0.155 e. The normalized spacial score (nSPS) is 14.1. The highest BCUT2D eigenvalue weighted by Crippen LogP contribution is 2.31. The molecule has 0 fully saturated rings. The van der Waals surface area contributed by atoms with Crippen molar-refractivity contribution in [1.82, 2.24) is 20.3 Å². The van der Waals surface area contributed by atoms with Gasteiger partial charge < -0.3 is 15.4 Å². The molecule has 0 saturated heterocycles. The van der Waals surface area contributed by atoms with Crippen LogP contribution in [0.4, 0.5) is 5.82 Å². The van der Waals surface area contributed by atoms with E-state index in [1.165, 1.54) is 5.57 Å². The number of hydrogen-bond donors (Lipinski definition) is 2. The number of hydrogen-bond acceptors (Lipinski definition) is 6. The van der Waals surface area contributed by atoms with Gasteiger partial charge in [-0.3, -0.25) is 4.98 Å². The number of fused-ring (bicyclic) bond motifs is 1. The van der Waals surface area contributed by atoms with Gasteiger partial charge in [-0.05, 0) is 42.8 Å². The minimum Gasteiger partial charge on any atom is -0.495 e. The van der Waals surface area contributed by atoms with Gasteiger partial charge in [0, 0.05) is 31.0 Å². The second-order valence-corrected chi connectivity index (χ2v) is 6.72. The molecule has 7 heteroatoms. The fourth-order valence-corrected chi connectivity index (χ4v) is 3.36. The van der Waals surface area contributed by atoms with E-state index in [9.17, 15) is 0 Å². The summed E-state index contributed by atoms with van der Waals surface area (Å²) in [7, 11) is 1.60. The Bertz CT molecular complexity index is 1000. The monoisotopic (exact) mass is 381 g/mol. The van der Waals surface area contributed by atoms with E-state index in [0.717, 1.165) is 48.3 Å². The predicted molar refractivity (Wildman–Crippen MR) is 108 cm³/mol. The standard InChI is InChI=1S/C20H20ClN5O/c1-27-18-5-4-14(9-15(18)21)16-10-17-19(24-8-7-23-17)20(26-16)25-12-13-3-2-6-22-11-13/h3-5,7-10,22H,2,6,11-12H2,1H3,(H,25,26). The first-order chi connectivity index (χ1) is 13.2. The van der Waals surface area contributed by atoms with Gasteiger partial charge >= 0.3 is 0 Å². The molecular formula is C20H20ClN5O. The van der Waals surface area contributed by atoms with Gasteiger partial charge in [-0.25, -0.2) is 9.97 Å². The largest absolute Gasteiger partial charge is 0.495 e. The predicted octanol–water partition coefficient (Wildman–Crippen LogP) is 3.69. The number of aromatic nitrogens is 3. The van der Waals surface area contributed by atoms with Crippen molar-refractivity contribution < 1.29 is 4.74 Å². The summed E-state index contributed by atoms with van der Waals surface area (Å²) in [5.41, 5.74) is 4.54. The first-order valence-corrected chi connectivity index (χ1v) is 9.20. The van der Waals surface area contributed by atoms with Crippen molar-refractivity contribution in [3.8, 4) is 17.0 Å². The van der Waals surface area contributed by atoms with Crippen LogP contribution in [0.2, 0.25) is 5.02 Å². The third-order valence-electron chi connectivity index (χ3n) is 4.49. The SMILES string of the molecule is COc1ccc(-c2cc3nccnc3c(NCC3=CCCNC3)n2)cc1Cl. The third-order valence-corrected chi connectivity index (χ3v) is 4.79. The molecule has 3 aromatic rings. The van der Waals surface area contributed by atoms with Gasteiger partial charge in [0.1, 0.15) is 11.3 Å². The summed E-state index contributed by atoms with van der Waals surface area (Å²) in [6.07, 6.45) is 6.69. The van der Waals surface area contributed by atoms with Crippen molar-refractivity contribution in [3.05, 3.63) is 53.3 Å². The molecule has 0 spiro atoms. The molecule has 2 N–H and O–H groups in total. The van der Waals surface area contributed by atoms with E-state index in [2.05, 4.69) is 26.7 Å². The zero-order valence-corrected chi connectivity index (χ0v) is 15.8. The smallest absolute Gasteiger partial charge is 0.155 e. The maximum absolute atomic E-state index is 6.29. The van der Waals surface area contributed by atoms with Crippen molar-refractivity contribution in [2.24, 2.45) is 0 Å². The summed E-state index contributed by atoms with van der Waals surface area (Å²) in [6.45, 7) is 2.65. The lowest BCUT2D eigenvalue weighted by atomic mass is 10.1. The van der Waals surface area contributed by atoms with Gasteiger partial charge in [0.15, 0.2) is 5.82 Å². The number of nitrogens with one attached hydrogen (secondary N) is 2. The van der Waals surface area contributed by atoms with Crippen molar-refractivity contribution >= 4 is 28.5 Å². The minimum absolute atomic E-state index is 0.545. The van der Waals surface area contributed by atoms with Gasteiger partial charge in [-0.1, -0.05) is 17.7 Å². The zero-order valence-electron chi connectivity index (χ0n) is 15.0. The Morgan fingerprint density at radius 2 is 2.11 bits per heavy atom. The molecule has 2 aromatic heterocycles. The van der Waals surface area contributed by atoms with Crippen LogP contribution >= 0.6 is 11.6 Å². The summed E-state index contributed by atoms with van der Waals surface area (Å²) in [6, 6.07) is 7.55. The van der Waals surface area contributed by atoms with Gasteiger partial charge in [-0.15, -0.1) is 0 Å². The van der Waals surface area contributed by atoms with Crippen molar-refractivity contribution in [2.75, 3.05) is 32.1 Å². The Morgan fingerprint density at radius 3 is 2.89 bits per heavy atom. The van der Waals surface area contributed by atoms with Crippen LogP contribution < -0.4 is 15.4 Å². The van der Waals surface area contributed by atoms with Gasteiger partial charge in [0.2, 0.25) is 0 Å². The van der Waals surface area contributed by atoms with Crippen LogP contribution in [0, 0.1) is 0 Å². The number of halogens is 1. The van der Waals surface area contributed by atoms with E-state index in [4.69, 9.17) is 21.3 Å². The molecular weight excluding hydrogens is 362 g/mol. The van der Waals surface area contributed by atoms with E-state index in [1.807, 2.05) is 24.3 Å². The lowest BCUT2D eigenvalue weighted by Gasteiger charge is -2.16. The maximum atomic E-state index is 6.29. The molecule has 0 bridgehead atoms. The van der Waals surface area contributed by atoms with Gasteiger partial charge in [-0.2, -0.15) is 0 Å². The second kappa shape index (κ2) is 7.90. The molecule has 0 atom stereocenters. The van der Waals surface area contributed by atoms with E-state index in [1.54, 1.807) is 19.5 Å². The average molecular weight is 382 g/mol. The molecule has 138 valence electrons. The first kappa shape index (κ1) is 17.7. The highest BCUT2D eigenvalue weighted by molar-refractivity contribution is 6.32. The molecule has 3 heterocycles. The van der Waals surface area contributed by atoms with E-state index < -0.39 is 0 Å². The number of nitrogens with zero attached hydrogens (tertiary/aromatic N) is 3. The fraction of sp³-hybridized carbons (Fsp3) is 0.250. The highest BCUT2D eigenvalue weighted by Gasteiger charge is 2.12. The Kier molecular flexibility index (Phi) is 5.18. The Morgan fingerprint density at radius 1 is 1.22 bits per heavy atom. The first-order valence-electron chi connectivity index (χ1n) is 8.83. The molecule has 1 aliphatic heterocycles. The molecule has 6 nitrogen and oxygen atoms in total. The zero-order chi connectivity index (χ0) is 18.6. The quantitative estimate of drug-likeness (QED) is 0.657. The van der Waals surface area contributed by atoms with E-state index in [0.29, 0.717) is 16.6 Å². The van der Waals surface area contributed by atoms with Crippen LogP contribution in [0.25, 0.3) is 22.3 Å². The topological polar surface area (TPSA) is 72.0 Å². The molecule has 0 unspecified atom stereocenters. The van der Waals surface area contributed by atoms with Crippen LogP contribution in [0.5, 0.6) is 5.75 Å². The van der Waals surface area contributed by atoms with Crippen molar-refractivity contribution in [3.63, 3.8) is 0 Å². The van der Waals surface area contributed by atoms with Crippen molar-refractivity contribution in [2.45, 2.75) is 6.42 Å². The number of pyridine rings is 1. The minimum atomic E-state index is 0.545. The van der Waals surface area contributed by atoms with Crippen LogP contribution in [0.1, 0.15) is 6.42 Å². The number of anilines is 1. The summed E-state index contributed by atoms with van der Waals surface area (Å²) >= 11 is 6.29. The molecule has 0 aliphatic carbocycles. The lowest BCUT2D eigenvalue weighted by Crippen LogP contribution is -2.25. The molecule has 1 aromatic carbocycles. The summed E-state index contributed by atoms with van der Waals surface area (Å²) in [5, 5.41) is 7.35. The van der Waals surface area contributed by atoms with E-state index in [-0.39, 0.29) is 0 Å². The van der Waals surface area contributed by atoms with Gasteiger partial charge in [0.25, 0.3) is 0 Å². The highest BCUT2D eigenvalue weighted by atomic mass is 35.5. The summed E-state index contributed by atoms with van der Waals surface area (Å²) in [4.78, 5) is 13.7. The van der Waals surface area contributed by atoms with Crippen molar-refractivity contribution in [1.29, 1.82) is 0 Å². The Balaban J connectivity index is 1.71. The fourth-order valence-electron chi connectivity index (χ4n) is 3.10. The van der Waals surface area contributed by atoms with Gasteiger partial charge in [0.05, 0.1) is 23.3 Å². The van der Waals surface area contributed by atoms with Crippen LogP contribution in [-0.2, 0) is 0 Å². The lowest BCUT2D eigenvalue weighted by molar-refractivity contribution is 0.415. The van der Waals surface area contributed by atoms with Crippen LogP contribution in [0.15, 0.2) is 48.3 Å². The summed E-state index contributed by atoms with van der Waals surface area (Å²) < 4.78 is 5.24. The molecule has 0 amide bonds. The number of methoxy groups -OCH3 is 1.